The maximum Gasteiger partial charge on any atom is 0.258 e. The molecule has 0 bridgehead atoms. The lowest BCUT2D eigenvalue weighted by molar-refractivity contribution is -0.895. The molecule has 0 atom stereocenters. The highest BCUT2D eigenvalue weighted by atomic mass is 19.1. The molecule has 0 aliphatic carbocycles. The van der Waals surface area contributed by atoms with Crippen molar-refractivity contribution in [1.82, 2.24) is 5.32 Å². The van der Waals surface area contributed by atoms with Gasteiger partial charge in [-0.25, -0.2) is 4.39 Å². The van der Waals surface area contributed by atoms with E-state index in [2.05, 4.69) is 24.5 Å². The second kappa shape index (κ2) is 9.68. The molecule has 2 rings (SSSR count). The first kappa shape index (κ1) is 19.6. The highest BCUT2D eigenvalue weighted by Gasteiger charge is 2.12. The summed E-state index contributed by atoms with van der Waals surface area (Å²) in [5, 5.41) is 5.52. The third kappa shape index (κ3) is 5.39. The van der Waals surface area contributed by atoms with E-state index in [1.54, 1.807) is 30.3 Å². The molecule has 0 radical (unpaired) electrons. The molecule has 2 aromatic rings. The van der Waals surface area contributed by atoms with Gasteiger partial charge in [0.1, 0.15) is 5.82 Å². The molecule has 26 heavy (non-hydrogen) atoms. The molecule has 0 saturated heterocycles. The van der Waals surface area contributed by atoms with Crippen LogP contribution in [0.3, 0.4) is 0 Å². The maximum atomic E-state index is 13.6. The van der Waals surface area contributed by atoms with Crippen molar-refractivity contribution >= 4 is 17.5 Å². The van der Waals surface area contributed by atoms with E-state index in [0.717, 1.165) is 19.6 Å². The molecular weight excluding hydrogens is 333 g/mol. The fourth-order valence-electron chi connectivity index (χ4n) is 2.61. The van der Waals surface area contributed by atoms with Gasteiger partial charge < -0.3 is 15.5 Å². The van der Waals surface area contributed by atoms with E-state index in [1.165, 1.54) is 23.1 Å². The number of halogens is 1. The van der Waals surface area contributed by atoms with Crippen LogP contribution >= 0.6 is 0 Å². The van der Waals surface area contributed by atoms with Crippen LogP contribution in [0, 0.1) is 5.82 Å². The molecule has 5 nitrogen and oxygen atoms in total. The minimum absolute atomic E-state index is 0.0202. The predicted octanol–water partition coefficient (Wildman–Crippen LogP) is 1.73. The normalized spacial score (nSPS) is 10.6. The molecule has 0 aliphatic heterocycles. The summed E-state index contributed by atoms with van der Waals surface area (Å²) in [7, 11) is 0. The minimum Gasteiger partial charge on any atom is -0.346 e. The summed E-state index contributed by atoms with van der Waals surface area (Å²) in [4.78, 5) is 25.7. The van der Waals surface area contributed by atoms with Gasteiger partial charge in [-0.3, -0.25) is 9.59 Å². The standard InChI is InChI=1S/C20H24FN3O2/c1-3-24(4-2)14-13-22-19(25)15-9-11-16(12-10-15)23-20(26)17-7-5-6-8-18(17)21/h5-12H,3-4,13-14H2,1-2H3,(H,22,25)(H,23,26)/p+1. The van der Waals surface area contributed by atoms with Crippen molar-refractivity contribution in [2.75, 3.05) is 31.5 Å². The Morgan fingerprint density at radius 1 is 0.962 bits per heavy atom. The molecule has 6 heteroatoms. The smallest absolute Gasteiger partial charge is 0.258 e. The summed E-state index contributed by atoms with van der Waals surface area (Å²) in [5.74, 6) is -1.25. The highest BCUT2D eigenvalue weighted by Crippen LogP contribution is 2.13. The lowest BCUT2D eigenvalue weighted by atomic mass is 10.1. The molecule has 2 aromatic carbocycles. The van der Waals surface area contributed by atoms with Gasteiger partial charge in [-0.2, -0.15) is 0 Å². The highest BCUT2D eigenvalue weighted by molar-refractivity contribution is 6.04. The van der Waals surface area contributed by atoms with E-state index in [1.807, 2.05) is 0 Å². The molecule has 0 heterocycles. The monoisotopic (exact) mass is 358 g/mol. The van der Waals surface area contributed by atoms with Crippen LogP contribution in [0.25, 0.3) is 0 Å². The van der Waals surface area contributed by atoms with Gasteiger partial charge in [0.2, 0.25) is 0 Å². The van der Waals surface area contributed by atoms with Crippen LogP contribution in [-0.4, -0.2) is 38.0 Å². The van der Waals surface area contributed by atoms with Gasteiger partial charge in [0, 0.05) is 11.3 Å². The fraction of sp³-hybridized carbons (Fsp3) is 0.300. The van der Waals surface area contributed by atoms with Gasteiger partial charge in [-0.05, 0) is 50.2 Å². The van der Waals surface area contributed by atoms with Crippen molar-refractivity contribution in [3.8, 4) is 0 Å². The van der Waals surface area contributed by atoms with Crippen molar-refractivity contribution in [3.05, 3.63) is 65.5 Å². The quantitative estimate of drug-likeness (QED) is 0.673. The molecule has 0 saturated carbocycles. The molecule has 0 aromatic heterocycles. The van der Waals surface area contributed by atoms with Crippen molar-refractivity contribution in [2.24, 2.45) is 0 Å². The first-order valence-corrected chi connectivity index (χ1v) is 8.82. The molecule has 0 fully saturated rings. The number of anilines is 1. The predicted molar refractivity (Wildman–Crippen MR) is 100 cm³/mol. The summed E-state index contributed by atoms with van der Waals surface area (Å²) in [5.41, 5.74) is 0.999. The zero-order valence-electron chi connectivity index (χ0n) is 15.1. The number of amides is 2. The number of rotatable bonds is 8. The van der Waals surface area contributed by atoms with Crippen molar-refractivity contribution in [3.63, 3.8) is 0 Å². The van der Waals surface area contributed by atoms with Crippen molar-refractivity contribution in [2.45, 2.75) is 13.8 Å². The van der Waals surface area contributed by atoms with E-state index in [4.69, 9.17) is 0 Å². The van der Waals surface area contributed by atoms with E-state index >= 15 is 0 Å². The van der Waals surface area contributed by atoms with Crippen LogP contribution in [0.4, 0.5) is 10.1 Å². The number of likely N-dealkylation sites (N-methyl/N-ethyl adjacent to an activating group) is 1. The van der Waals surface area contributed by atoms with Crippen LogP contribution in [0.15, 0.2) is 48.5 Å². The lowest BCUT2D eigenvalue weighted by Crippen LogP contribution is -3.12. The summed E-state index contributed by atoms with van der Waals surface area (Å²) < 4.78 is 13.6. The second-order valence-electron chi connectivity index (χ2n) is 5.97. The summed E-state index contributed by atoms with van der Waals surface area (Å²) in [6.45, 7) is 7.80. The van der Waals surface area contributed by atoms with Crippen LogP contribution < -0.4 is 15.5 Å². The van der Waals surface area contributed by atoms with Gasteiger partial charge in [0.25, 0.3) is 11.8 Å². The Bertz CT molecular complexity index is 743. The molecule has 0 spiro atoms. The molecule has 3 N–H and O–H groups in total. The number of hydrogen-bond donors (Lipinski definition) is 3. The average molecular weight is 358 g/mol. The number of benzene rings is 2. The van der Waals surface area contributed by atoms with Gasteiger partial charge >= 0.3 is 0 Å². The first-order valence-electron chi connectivity index (χ1n) is 8.82. The van der Waals surface area contributed by atoms with Crippen LogP contribution in [0.1, 0.15) is 34.6 Å². The summed E-state index contributed by atoms with van der Waals surface area (Å²) in [6, 6.07) is 12.3. The van der Waals surface area contributed by atoms with Crippen LogP contribution in [-0.2, 0) is 0 Å². The summed E-state index contributed by atoms with van der Waals surface area (Å²) >= 11 is 0. The van der Waals surface area contributed by atoms with Crippen molar-refractivity contribution in [1.29, 1.82) is 0 Å². The first-order chi connectivity index (χ1) is 12.5. The Morgan fingerprint density at radius 3 is 2.23 bits per heavy atom. The number of nitrogens with one attached hydrogen (secondary N) is 3. The Hall–Kier alpha value is -2.73. The van der Waals surface area contributed by atoms with Crippen molar-refractivity contribution < 1.29 is 18.9 Å². The third-order valence-corrected chi connectivity index (χ3v) is 4.29. The number of quaternary nitrogens is 1. The topological polar surface area (TPSA) is 62.6 Å². The van der Waals surface area contributed by atoms with E-state index < -0.39 is 11.7 Å². The number of carbonyl (C=O) groups is 2. The Balaban J connectivity index is 1.90. The third-order valence-electron chi connectivity index (χ3n) is 4.29. The van der Waals surface area contributed by atoms with Gasteiger partial charge in [0.05, 0.1) is 31.7 Å². The Morgan fingerprint density at radius 2 is 1.62 bits per heavy atom. The van der Waals surface area contributed by atoms with Gasteiger partial charge in [0.15, 0.2) is 0 Å². The molecule has 2 amide bonds. The number of carbonyl (C=O) groups excluding carboxylic acids is 2. The minimum atomic E-state index is -0.573. The van der Waals surface area contributed by atoms with E-state index in [-0.39, 0.29) is 11.5 Å². The average Bonchev–Trinajstić information content (AvgIpc) is 2.66. The molecule has 0 unspecified atom stereocenters. The second-order valence-corrected chi connectivity index (χ2v) is 5.97. The van der Waals surface area contributed by atoms with Gasteiger partial charge in [-0.15, -0.1) is 0 Å². The largest absolute Gasteiger partial charge is 0.346 e. The SMILES string of the molecule is CC[NH+](CC)CCNC(=O)c1ccc(NC(=O)c2ccccc2F)cc1. The van der Waals surface area contributed by atoms with E-state index in [0.29, 0.717) is 17.8 Å². The number of hydrogen-bond acceptors (Lipinski definition) is 2. The molecule has 138 valence electrons. The fourth-order valence-corrected chi connectivity index (χ4v) is 2.61. The molecular formula is C20H25FN3O2+. The zero-order valence-corrected chi connectivity index (χ0v) is 15.1. The zero-order chi connectivity index (χ0) is 18.9. The van der Waals surface area contributed by atoms with E-state index in [9.17, 15) is 14.0 Å². The summed E-state index contributed by atoms with van der Waals surface area (Å²) in [6.07, 6.45) is 0. The van der Waals surface area contributed by atoms with Gasteiger partial charge in [-0.1, -0.05) is 12.1 Å². The lowest BCUT2D eigenvalue weighted by Gasteiger charge is -2.15. The van der Waals surface area contributed by atoms with Crippen LogP contribution in [0.2, 0.25) is 0 Å². The Kier molecular flexibility index (Phi) is 7.29. The van der Waals surface area contributed by atoms with Crippen LogP contribution in [0.5, 0.6) is 0 Å². The Labute approximate surface area is 153 Å². The maximum absolute atomic E-state index is 13.6. The molecule has 0 aliphatic rings.